The third kappa shape index (κ3) is 4.09. The summed E-state index contributed by atoms with van der Waals surface area (Å²) in [5.74, 6) is 0.916. The Morgan fingerprint density at radius 2 is 2.18 bits per heavy atom. The number of nitrogens with one attached hydrogen (secondary N) is 1. The molecular weight excluding hydrogens is 214 g/mol. The molecule has 1 fully saturated rings. The van der Waals surface area contributed by atoms with Crippen molar-refractivity contribution in [3.63, 3.8) is 0 Å². The van der Waals surface area contributed by atoms with Gasteiger partial charge in [0.05, 0.1) is 5.69 Å². The van der Waals surface area contributed by atoms with E-state index in [0.29, 0.717) is 0 Å². The molecule has 0 amide bonds. The fourth-order valence-electron chi connectivity index (χ4n) is 2.22. The highest BCUT2D eigenvalue weighted by atomic mass is 15.4. The van der Waals surface area contributed by atoms with E-state index in [1.165, 1.54) is 25.9 Å². The summed E-state index contributed by atoms with van der Waals surface area (Å²) in [7, 11) is 1.89. The second-order valence-corrected chi connectivity index (χ2v) is 5.08. The fourth-order valence-corrected chi connectivity index (χ4v) is 2.22. The smallest absolute Gasteiger partial charge is 0.0964 e. The summed E-state index contributed by atoms with van der Waals surface area (Å²) in [6, 6.07) is 0. The quantitative estimate of drug-likeness (QED) is 0.763. The molecule has 17 heavy (non-hydrogen) atoms. The minimum Gasteiger partial charge on any atom is -0.310 e. The average molecular weight is 237 g/mol. The van der Waals surface area contributed by atoms with Crippen LogP contribution >= 0.6 is 0 Å². The van der Waals surface area contributed by atoms with Crippen LogP contribution in [0.5, 0.6) is 0 Å². The standard InChI is InChI=1S/C12H23N5/c1-11-3-6-17(7-4-11)8-5-13-9-12-10-16(2)15-14-12/h10-11,13H,3-9H2,1-2H3. The zero-order chi connectivity index (χ0) is 12.1. The Kier molecular flexibility index (Phi) is 4.50. The molecule has 0 saturated carbocycles. The van der Waals surface area contributed by atoms with E-state index in [-0.39, 0.29) is 0 Å². The zero-order valence-corrected chi connectivity index (χ0v) is 10.9. The molecule has 1 aromatic rings. The normalized spacial score (nSPS) is 18.7. The number of likely N-dealkylation sites (tertiary alicyclic amines) is 1. The second kappa shape index (κ2) is 6.12. The minimum atomic E-state index is 0.818. The van der Waals surface area contributed by atoms with Gasteiger partial charge < -0.3 is 10.2 Å². The number of rotatable bonds is 5. The Hall–Kier alpha value is -0.940. The molecule has 0 unspecified atom stereocenters. The van der Waals surface area contributed by atoms with E-state index in [9.17, 15) is 0 Å². The van der Waals surface area contributed by atoms with E-state index in [0.717, 1.165) is 31.2 Å². The van der Waals surface area contributed by atoms with Crippen LogP contribution in [0.3, 0.4) is 0 Å². The van der Waals surface area contributed by atoms with E-state index in [2.05, 4.69) is 27.5 Å². The van der Waals surface area contributed by atoms with Crippen LogP contribution in [0.1, 0.15) is 25.5 Å². The van der Waals surface area contributed by atoms with Crippen molar-refractivity contribution >= 4 is 0 Å². The lowest BCUT2D eigenvalue weighted by molar-refractivity contribution is 0.193. The van der Waals surface area contributed by atoms with Crippen molar-refractivity contribution in [2.45, 2.75) is 26.3 Å². The minimum absolute atomic E-state index is 0.818. The van der Waals surface area contributed by atoms with Crippen LogP contribution in [0.4, 0.5) is 0 Å². The van der Waals surface area contributed by atoms with E-state index < -0.39 is 0 Å². The molecule has 0 bridgehead atoms. The van der Waals surface area contributed by atoms with Gasteiger partial charge in [0.25, 0.3) is 0 Å². The summed E-state index contributed by atoms with van der Waals surface area (Å²) in [6.07, 6.45) is 4.66. The van der Waals surface area contributed by atoms with Gasteiger partial charge in [0.2, 0.25) is 0 Å². The van der Waals surface area contributed by atoms with Gasteiger partial charge in [-0.2, -0.15) is 0 Å². The Bertz CT molecular complexity index is 327. The molecule has 0 aliphatic carbocycles. The Balaban J connectivity index is 1.57. The number of nitrogens with zero attached hydrogens (tertiary/aromatic N) is 4. The highest BCUT2D eigenvalue weighted by Gasteiger charge is 2.14. The molecule has 1 aliphatic heterocycles. The summed E-state index contributed by atoms with van der Waals surface area (Å²) in [6.45, 7) is 7.86. The van der Waals surface area contributed by atoms with Gasteiger partial charge in [-0.1, -0.05) is 12.1 Å². The molecule has 0 radical (unpaired) electrons. The van der Waals surface area contributed by atoms with Crippen molar-refractivity contribution in [3.8, 4) is 0 Å². The molecule has 1 aliphatic rings. The van der Waals surface area contributed by atoms with Crippen molar-refractivity contribution in [1.29, 1.82) is 0 Å². The van der Waals surface area contributed by atoms with Gasteiger partial charge >= 0.3 is 0 Å². The Labute approximate surface area is 103 Å². The lowest BCUT2D eigenvalue weighted by Gasteiger charge is -2.30. The Morgan fingerprint density at radius 1 is 1.41 bits per heavy atom. The third-order valence-electron chi connectivity index (χ3n) is 3.44. The molecule has 96 valence electrons. The third-order valence-corrected chi connectivity index (χ3v) is 3.44. The van der Waals surface area contributed by atoms with Crippen LogP contribution in [0, 0.1) is 5.92 Å². The molecule has 0 aromatic carbocycles. The second-order valence-electron chi connectivity index (χ2n) is 5.08. The van der Waals surface area contributed by atoms with Crippen LogP contribution < -0.4 is 5.32 Å². The topological polar surface area (TPSA) is 46.0 Å². The van der Waals surface area contributed by atoms with Crippen LogP contribution in [0.15, 0.2) is 6.20 Å². The zero-order valence-electron chi connectivity index (χ0n) is 10.9. The molecule has 5 heteroatoms. The van der Waals surface area contributed by atoms with Gasteiger partial charge in [0.1, 0.15) is 0 Å². The molecule has 0 atom stereocenters. The average Bonchev–Trinajstić information content (AvgIpc) is 2.73. The summed E-state index contributed by atoms with van der Waals surface area (Å²) in [5.41, 5.74) is 1.01. The number of aryl methyl sites for hydroxylation is 1. The van der Waals surface area contributed by atoms with Gasteiger partial charge in [-0.3, -0.25) is 4.68 Å². The van der Waals surface area contributed by atoms with Crippen LogP contribution in [-0.4, -0.2) is 46.1 Å². The first-order valence-corrected chi connectivity index (χ1v) is 6.52. The van der Waals surface area contributed by atoms with Crippen molar-refractivity contribution in [3.05, 3.63) is 11.9 Å². The number of aromatic nitrogens is 3. The molecule has 1 aromatic heterocycles. The first-order chi connectivity index (χ1) is 8.24. The summed E-state index contributed by atoms with van der Waals surface area (Å²) < 4.78 is 1.74. The van der Waals surface area contributed by atoms with Gasteiger partial charge in [0.15, 0.2) is 0 Å². The van der Waals surface area contributed by atoms with Gasteiger partial charge in [0, 0.05) is 32.9 Å². The first-order valence-electron chi connectivity index (χ1n) is 6.52. The maximum Gasteiger partial charge on any atom is 0.0964 e. The molecule has 1 N–H and O–H groups in total. The van der Waals surface area contributed by atoms with Crippen LogP contribution in [0.25, 0.3) is 0 Å². The predicted molar refractivity (Wildman–Crippen MR) is 67.5 cm³/mol. The van der Waals surface area contributed by atoms with Crippen molar-refractivity contribution in [1.82, 2.24) is 25.2 Å². The highest BCUT2D eigenvalue weighted by Crippen LogP contribution is 2.14. The van der Waals surface area contributed by atoms with Crippen LogP contribution in [-0.2, 0) is 13.6 Å². The summed E-state index contributed by atoms with van der Waals surface area (Å²) in [5, 5.41) is 11.4. The monoisotopic (exact) mass is 237 g/mol. The molecule has 1 saturated heterocycles. The molecule has 5 nitrogen and oxygen atoms in total. The first kappa shape index (κ1) is 12.5. The Morgan fingerprint density at radius 3 is 2.82 bits per heavy atom. The number of hydrogen-bond donors (Lipinski definition) is 1. The van der Waals surface area contributed by atoms with E-state index in [1.807, 2.05) is 13.2 Å². The van der Waals surface area contributed by atoms with E-state index >= 15 is 0 Å². The lowest BCUT2D eigenvalue weighted by atomic mass is 9.99. The summed E-state index contributed by atoms with van der Waals surface area (Å²) >= 11 is 0. The van der Waals surface area contributed by atoms with E-state index in [4.69, 9.17) is 0 Å². The van der Waals surface area contributed by atoms with E-state index in [1.54, 1.807) is 4.68 Å². The molecule has 2 heterocycles. The SMILES string of the molecule is CC1CCN(CCNCc2cn(C)nn2)CC1. The van der Waals surface area contributed by atoms with Crippen LogP contribution in [0.2, 0.25) is 0 Å². The largest absolute Gasteiger partial charge is 0.310 e. The van der Waals surface area contributed by atoms with Crippen molar-refractivity contribution < 1.29 is 0 Å². The van der Waals surface area contributed by atoms with Gasteiger partial charge in [-0.05, 0) is 31.8 Å². The highest BCUT2D eigenvalue weighted by molar-refractivity contribution is 4.90. The molecule has 2 rings (SSSR count). The maximum absolute atomic E-state index is 4.05. The number of piperidine rings is 1. The van der Waals surface area contributed by atoms with Gasteiger partial charge in [-0.15, -0.1) is 5.10 Å². The molecular formula is C12H23N5. The number of hydrogen-bond acceptors (Lipinski definition) is 4. The molecule has 0 spiro atoms. The fraction of sp³-hybridized carbons (Fsp3) is 0.833. The lowest BCUT2D eigenvalue weighted by Crippen LogP contribution is -2.37. The maximum atomic E-state index is 4.05. The van der Waals surface area contributed by atoms with Crippen molar-refractivity contribution in [2.75, 3.05) is 26.2 Å². The summed E-state index contributed by atoms with van der Waals surface area (Å²) in [4.78, 5) is 2.55. The van der Waals surface area contributed by atoms with Gasteiger partial charge in [-0.25, -0.2) is 0 Å². The van der Waals surface area contributed by atoms with Crippen molar-refractivity contribution in [2.24, 2.45) is 13.0 Å². The predicted octanol–water partition coefficient (Wildman–Crippen LogP) is 0.637.